The molecule has 1 aliphatic rings. The van der Waals surface area contributed by atoms with Crippen LogP contribution in [0.3, 0.4) is 0 Å². The molecule has 1 heterocycles. The summed E-state index contributed by atoms with van der Waals surface area (Å²) in [5.41, 5.74) is 0. The van der Waals surface area contributed by atoms with E-state index in [4.69, 9.17) is 14.6 Å². The van der Waals surface area contributed by atoms with Gasteiger partial charge in [-0.2, -0.15) is 0 Å². The van der Waals surface area contributed by atoms with E-state index in [2.05, 4.69) is 19.1 Å². The molecule has 1 rings (SSSR count). The molecule has 3 N–H and O–H groups in total. The highest BCUT2D eigenvalue weighted by Gasteiger charge is 2.38. The van der Waals surface area contributed by atoms with Crippen LogP contribution in [0.2, 0.25) is 0 Å². The second-order valence-corrected chi connectivity index (χ2v) is 8.74. The Morgan fingerprint density at radius 1 is 0.767 bits per heavy atom. The highest BCUT2D eigenvalue weighted by molar-refractivity contribution is 4.87. The van der Waals surface area contributed by atoms with Crippen molar-refractivity contribution in [1.82, 2.24) is 0 Å². The van der Waals surface area contributed by atoms with E-state index in [1.165, 1.54) is 83.5 Å². The minimum atomic E-state index is -1.08. The van der Waals surface area contributed by atoms with Crippen LogP contribution in [-0.2, 0) is 9.47 Å². The van der Waals surface area contributed by atoms with Gasteiger partial charge in [0, 0.05) is 6.61 Å². The van der Waals surface area contributed by atoms with Crippen LogP contribution in [0.4, 0.5) is 0 Å². The predicted octanol–water partition coefficient (Wildman–Crippen LogP) is 4.91. The predicted molar refractivity (Wildman–Crippen MR) is 123 cm³/mol. The third-order valence-electron chi connectivity index (χ3n) is 5.99. The van der Waals surface area contributed by atoms with E-state index >= 15 is 0 Å². The molecular weight excluding hydrogens is 380 g/mol. The zero-order valence-electron chi connectivity index (χ0n) is 19.4. The molecule has 30 heavy (non-hydrogen) atoms. The molecular formula is C25H48O5. The molecule has 4 atom stereocenters. The Hall–Kier alpha value is -0.460. The number of allylic oxidation sites excluding steroid dienone is 2. The summed E-state index contributed by atoms with van der Waals surface area (Å²) in [5.74, 6) is 0. The van der Waals surface area contributed by atoms with E-state index < -0.39 is 24.4 Å². The highest BCUT2D eigenvalue weighted by Crippen LogP contribution is 2.18. The van der Waals surface area contributed by atoms with Gasteiger partial charge < -0.3 is 24.8 Å². The van der Waals surface area contributed by atoms with Gasteiger partial charge in [0.25, 0.3) is 0 Å². The fourth-order valence-corrected chi connectivity index (χ4v) is 3.93. The molecule has 0 aromatic heterocycles. The van der Waals surface area contributed by atoms with Gasteiger partial charge in [-0.05, 0) is 25.7 Å². The number of aliphatic hydroxyl groups is 3. The smallest absolute Gasteiger partial charge is 0.111 e. The minimum absolute atomic E-state index is 0.222. The number of hydrogen-bond acceptors (Lipinski definition) is 5. The molecule has 5 nitrogen and oxygen atoms in total. The van der Waals surface area contributed by atoms with Crippen molar-refractivity contribution in [3.8, 4) is 0 Å². The van der Waals surface area contributed by atoms with Crippen molar-refractivity contribution in [2.75, 3.05) is 19.8 Å². The second-order valence-electron chi connectivity index (χ2n) is 8.74. The number of ether oxygens (including phenoxy) is 2. The molecule has 0 radical (unpaired) electrons. The van der Waals surface area contributed by atoms with Crippen LogP contribution in [0.1, 0.15) is 103 Å². The standard InChI is InChI=1S/C25H48O5/c1-2-3-4-5-6-7-8-9-10-11-12-13-14-15-16-17-18-19-29-23-21-30-22(20-26)24(27)25(23)28/h4-5,22-28H,2-3,6-21H2,1H3/b5-4+/t22-,23+,24-,25-/m0/s1. The van der Waals surface area contributed by atoms with Crippen LogP contribution in [0.25, 0.3) is 0 Å². The summed E-state index contributed by atoms with van der Waals surface area (Å²) in [5, 5.41) is 28.9. The van der Waals surface area contributed by atoms with Crippen molar-refractivity contribution in [2.24, 2.45) is 0 Å². The Morgan fingerprint density at radius 2 is 1.30 bits per heavy atom. The quantitative estimate of drug-likeness (QED) is 0.201. The maximum Gasteiger partial charge on any atom is 0.111 e. The molecule has 0 aromatic rings. The lowest BCUT2D eigenvalue weighted by atomic mass is 10.0. The molecule has 1 fully saturated rings. The van der Waals surface area contributed by atoms with E-state index in [1.54, 1.807) is 0 Å². The first-order chi connectivity index (χ1) is 14.7. The Kier molecular flexibility index (Phi) is 17.7. The monoisotopic (exact) mass is 428 g/mol. The van der Waals surface area contributed by atoms with E-state index in [0.29, 0.717) is 6.61 Å². The van der Waals surface area contributed by atoms with Crippen LogP contribution in [-0.4, -0.2) is 59.6 Å². The SMILES string of the molecule is CCC/C=C/CCCCCCCCCCCCCCO[C@@H]1CO[C@@H](CO)[C@H](O)[C@H]1O. The second kappa shape index (κ2) is 19.2. The van der Waals surface area contributed by atoms with Crippen molar-refractivity contribution >= 4 is 0 Å². The van der Waals surface area contributed by atoms with E-state index in [1.807, 2.05) is 0 Å². The van der Waals surface area contributed by atoms with E-state index in [-0.39, 0.29) is 13.2 Å². The number of aliphatic hydroxyl groups excluding tert-OH is 3. The molecule has 0 aromatic carbocycles. The Balaban J connectivity index is 1.80. The van der Waals surface area contributed by atoms with Gasteiger partial charge in [0.15, 0.2) is 0 Å². The zero-order valence-corrected chi connectivity index (χ0v) is 19.4. The summed E-state index contributed by atoms with van der Waals surface area (Å²) >= 11 is 0. The molecule has 1 saturated heterocycles. The summed E-state index contributed by atoms with van der Waals surface area (Å²) < 4.78 is 11.0. The molecule has 0 amide bonds. The van der Waals surface area contributed by atoms with Crippen LogP contribution >= 0.6 is 0 Å². The topological polar surface area (TPSA) is 79.2 Å². The van der Waals surface area contributed by atoms with Crippen molar-refractivity contribution < 1.29 is 24.8 Å². The van der Waals surface area contributed by atoms with Crippen molar-refractivity contribution in [2.45, 2.75) is 128 Å². The van der Waals surface area contributed by atoms with Gasteiger partial charge in [-0.3, -0.25) is 0 Å². The normalized spacial score (nSPS) is 24.7. The lowest BCUT2D eigenvalue weighted by molar-refractivity contribution is -0.208. The van der Waals surface area contributed by atoms with E-state index in [0.717, 1.165) is 12.8 Å². The fourth-order valence-electron chi connectivity index (χ4n) is 3.93. The third-order valence-corrected chi connectivity index (χ3v) is 5.99. The Labute approximate surface area is 184 Å². The Bertz CT molecular complexity index is 401. The van der Waals surface area contributed by atoms with Crippen molar-refractivity contribution in [3.05, 3.63) is 12.2 Å². The summed E-state index contributed by atoms with van der Waals surface area (Å²) in [7, 11) is 0. The van der Waals surface area contributed by atoms with Gasteiger partial charge in [0.2, 0.25) is 0 Å². The summed E-state index contributed by atoms with van der Waals surface area (Å²) in [6.45, 7) is 2.74. The molecule has 0 spiro atoms. The minimum Gasteiger partial charge on any atom is -0.394 e. The molecule has 1 aliphatic heterocycles. The molecule has 0 bridgehead atoms. The van der Waals surface area contributed by atoms with Gasteiger partial charge in [-0.25, -0.2) is 0 Å². The average Bonchev–Trinajstić information content (AvgIpc) is 2.75. The number of rotatable bonds is 19. The van der Waals surface area contributed by atoms with Crippen molar-refractivity contribution in [1.29, 1.82) is 0 Å². The van der Waals surface area contributed by atoms with Crippen LogP contribution in [0.5, 0.6) is 0 Å². The largest absolute Gasteiger partial charge is 0.394 e. The van der Waals surface area contributed by atoms with Gasteiger partial charge in [-0.15, -0.1) is 0 Å². The summed E-state index contributed by atoms with van der Waals surface area (Å²) in [6.07, 6.45) is 20.7. The van der Waals surface area contributed by atoms with Gasteiger partial charge >= 0.3 is 0 Å². The lowest BCUT2D eigenvalue weighted by Crippen LogP contribution is -2.55. The van der Waals surface area contributed by atoms with Crippen LogP contribution in [0, 0.1) is 0 Å². The number of hydrogen-bond donors (Lipinski definition) is 3. The molecule has 5 heteroatoms. The van der Waals surface area contributed by atoms with Crippen molar-refractivity contribution in [3.63, 3.8) is 0 Å². The number of unbranched alkanes of at least 4 members (excludes halogenated alkanes) is 13. The van der Waals surface area contributed by atoms with E-state index in [9.17, 15) is 10.2 Å². The zero-order chi connectivity index (χ0) is 21.9. The molecule has 0 saturated carbocycles. The van der Waals surface area contributed by atoms with Crippen LogP contribution < -0.4 is 0 Å². The van der Waals surface area contributed by atoms with Gasteiger partial charge in [-0.1, -0.05) is 89.7 Å². The third kappa shape index (κ3) is 13.1. The highest BCUT2D eigenvalue weighted by atomic mass is 16.6. The maximum atomic E-state index is 10.0. The average molecular weight is 429 g/mol. The first-order valence-electron chi connectivity index (χ1n) is 12.6. The van der Waals surface area contributed by atoms with Gasteiger partial charge in [0.1, 0.15) is 24.4 Å². The first-order valence-corrected chi connectivity index (χ1v) is 12.6. The van der Waals surface area contributed by atoms with Gasteiger partial charge in [0.05, 0.1) is 13.2 Å². The molecule has 0 aliphatic carbocycles. The molecule has 0 unspecified atom stereocenters. The summed E-state index contributed by atoms with van der Waals surface area (Å²) in [6, 6.07) is 0. The Morgan fingerprint density at radius 3 is 1.87 bits per heavy atom. The fraction of sp³-hybridized carbons (Fsp3) is 0.920. The molecule has 178 valence electrons. The maximum absolute atomic E-state index is 10.0. The van der Waals surface area contributed by atoms with Crippen LogP contribution in [0.15, 0.2) is 12.2 Å². The lowest BCUT2D eigenvalue weighted by Gasteiger charge is -2.36. The summed E-state index contributed by atoms with van der Waals surface area (Å²) in [4.78, 5) is 0. The first kappa shape index (κ1) is 27.6.